The Labute approximate surface area is 109 Å². The summed E-state index contributed by atoms with van der Waals surface area (Å²) in [6.07, 6.45) is 0.0718. The summed E-state index contributed by atoms with van der Waals surface area (Å²) >= 11 is 11.6. The van der Waals surface area contributed by atoms with Crippen LogP contribution in [0.2, 0.25) is 10.0 Å². The van der Waals surface area contributed by atoms with Crippen LogP contribution in [0, 0.1) is 0 Å². The number of rotatable bonds is 4. The molecule has 0 heterocycles. The highest BCUT2D eigenvalue weighted by molar-refractivity contribution is 6.43. The van der Waals surface area contributed by atoms with E-state index in [1.807, 2.05) is 0 Å². The number of carbonyl (C=O) groups is 2. The van der Waals surface area contributed by atoms with Crippen LogP contribution >= 0.6 is 23.2 Å². The number of amides is 1. The van der Waals surface area contributed by atoms with Crippen LogP contribution in [0.3, 0.4) is 0 Å². The lowest BCUT2D eigenvalue weighted by molar-refractivity contribution is -0.134. The Bertz CT molecular complexity index is 435. The Morgan fingerprint density at radius 1 is 1.35 bits per heavy atom. The minimum Gasteiger partial charge on any atom is -0.425 e. The fourth-order valence-electron chi connectivity index (χ4n) is 1.08. The number of ether oxygens (including phenoxy) is 1. The quantitative estimate of drug-likeness (QED) is 0.678. The van der Waals surface area contributed by atoms with E-state index in [2.05, 4.69) is 5.32 Å². The Kier molecular flexibility index (Phi) is 5.25. The molecule has 6 heteroatoms. The molecule has 0 aromatic heterocycles. The SMILES string of the molecule is CC(=O)NCCC(=O)Oc1cccc(Cl)c1Cl. The molecule has 92 valence electrons. The van der Waals surface area contributed by atoms with Crippen LogP contribution in [0.1, 0.15) is 13.3 Å². The van der Waals surface area contributed by atoms with E-state index < -0.39 is 5.97 Å². The molecule has 4 nitrogen and oxygen atoms in total. The molecule has 0 spiro atoms. The zero-order valence-electron chi connectivity index (χ0n) is 9.13. The van der Waals surface area contributed by atoms with Gasteiger partial charge in [0.2, 0.25) is 5.91 Å². The van der Waals surface area contributed by atoms with Gasteiger partial charge in [-0.05, 0) is 12.1 Å². The molecule has 1 rings (SSSR count). The van der Waals surface area contributed by atoms with Crippen molar-refractivity contribution in [2.45, 2.75) is 13.3 Å². The molecule has 1 amide bonds. The maximum atomic E-state index is 11.4. The largest absolute Gasteiger partial charge is 0.425 e. The number of hydrogen-bond acceptors (Lipinski definition) is 3. The summed E-state index contributed by atoms with van der Waals surface area (Å²) in [6, 6.07) is 4.77. The van der Waals surface area contributed by atoms with E-state index in [-0.39, 0.29) is 29.6 Å². The van der Waals surface area contributed by atoms with E-state index in [9.17, 15) is 9.59 Å². The van der Waals surface area contributed by atoms with Gasteiger partial charge in [-0.1, -0.05) is 29.3 Å². The fraction of sp³-hybridized carbons (Fsp3) is 0.273. The minimum absolute atomic E-state index is 0.0718. The Morgan fingerprint density at radius 2 is 2.06 bits per heavy atom. The van der Waals surface area contributed by atoms with Crippen LogP contribution in [-0.4, -0.2) is 18.4 Å². The molecule has 0 unspecified atom stereocenters. The molecule has 0 saturated heterocycles. The number of esters is 1. The van der Waals surface area contributed by atoms with E-state index in [1.165, 1.54) is 6.92 Å². The van der Waals surface area contributed by atoms with E-state index in [0.29, 0.717) is 5.02 Å². The van der Waals surface area contributed by atoms with Crippen molar-refractivity contribution >= 4 is 35.1 Å². The summed E-state index contributed by atoms with van der Waals surface area (Å²) in [4.78, 5) is 22.0. The zero-order valence-corrected chi connectivity index (χ0v) is 10.6. The fourth-order valence-corrected chi connectivity index (χ4v) is 1.41. The topological polar surface area (TPSA) is 55.4 Å². The molecule has 0 fully saturated rings. The summed E-state index contributed by atoms with van der Waals surface area (Å²) in [5.74, 6) is -0.464. The standard InChI is InChI=1S/C11H11Cl2NO3/c1-7(15)14-6-5-10(16)17-9-4-2-3-8(12)11(9)13/h2-4H,5-6H2,1H3,(H,14,15). The summed E-state index contributed by atoms with van der Waals surface area (Å²) in [5.41, 5.74) is 0. The first-order chi connectivity index (χ1) is 8.00. The first-order valence-electron chi connectivity index (χ1n) is 4.90. The van der Waals surface area contributed by atoms with Gasteiger partial charge in [0.25, 0.3) is 0 Å². The van der Waals surface area contributed by atoms with Gasteiger partial charge in [-0.15, -0.1) is 0 Å². The average Bonchev–Trinajstić information content (AvgIpc) is 2.24. The molecule has 0 atom stereocenters. The number of benzene rings is 1. The third-order valence-electron chi connectivity index (χ3n) is 1.84. The molecule has 0 aliphatic carbocycles. The lowest BCUT2D eigenvalue weighted by atomic mass is 10.3. The minimum atomic E-state index is -0.483. The summed E-state index contributed by atoms with van der Waals surface area (Å²) in [6.45, 7) is 1.60. The highest BCUT2D eigenvalue weighted by atomic mass is 35.5. The van der Waals surface area contributed by atoms with Gasteiger partial charge in [0.1, 0.15) is 5.02 Å². The van der Waals surface area contributed by atoms with Gasteiger partial charge in [0.05, 0.1) is 11.4 Å². The smallest absolute Gasteiger partial charge is 0.313 e. The van der Waals surface area contributed by atoms with Gasteiger partial charge in [0.15, 0.2) is 5.75 Å². The van der Waals surface area contributed by atoms with Crippen LogP contribution < -0.4 is 10.1 Å². The second-order valence-electron chi connectivity index (χ2n) is 3.26. The molecule has 17 heavy (non-hydrogen) atoms. The van der Waals surface area contributed by atoms with Crippen LogP contribution in [0.4, 0.5) is 0 Å². The van der Waals surface area contributed by atoms with Crippen LogP contribution in [-0.2, 0) is 9.59 Å². The van der Waals surface area contributed by atoms with Crippen molar-refractivity contribution in [3.05, 3.63) is 28.2 Å². The first-order valence-corrected chi connectivity index (χ1v) is 5.65. The lowest BCUT2D eigenvalue weighted by Gasteiger charge is -2.07. The normalized spacial score (nSPS) is 9.82. The van der Waals surface area contributed by atoms with Gasteiger partial charge in [-0.3, -0.25) is 9.59 Å². The third kappa shape index (κ3) is 4.63. The molecular formula is C11H11Cl2NO3. The van der Waals surface area contributed by atoms with Crippen molar-refractivity contribution in [2.24, 2.45) is 0 Å². The predicted molar refractivity (Wildman–Crippen MR) is 65.4 cm³/mol. The van der Waals surface area contributed by atoms with Crippen molar-refractivity contribution in [1.82, 2.24) is 5.32 Å². The van der Waals surface area contributed by atoms with Crippen LogP contribution in [0.25, 0.3) is 0 Å². The zero-order chi connectivity index (χ0) is 12.8. The van der Waals surface area contributed by atoms with E-state index >= 15 is 0 Å². The average molecular weight is 276 g/mol. The van der Waals surface area contributed by atoms with Gasteiger partial charge in [-0.25, -0.2) is 0 Å². The van der Waals surface area contributed by atoms with Gasteiger partial charge in [-0.2, -0.15) is 0 Å². The number of hydrogen-bond donors (Lipinski definition) is 1. The summed E-state index contributed by atoms with van der Waals surface area (Å²) < 4.78 is 5.00. The molecule has 0 radical (unpaired) electrons. The third-order valence-corrected chi connectivity index (χ3v) is 2.64. The second kappa shape index (κ2) is 6.47. The Balaban J connectivity index is 2.51. The molecule has 0 aliphatic rings. The molecule has 1 N–H and O–H groups in total. The maximum Gasteiger partial charge on any atom is 0.313 e. The summed E-state index contributed by atoms with van der Waals surface area (Å²) in [7, 11) is 0. The Hall–Kier alpha value is -1.26. The summed E-state index contributed by atoms with van der Waals surface area (Å²) in [5, 5.41) is 3.00. The van der Waals surface area contributed by atoms with Gasteiger partial charge in [0, 0.05) is 13.5 Å². The lowest BCUT2D eigenvalue weighted by Crippen LogP contribution is -2.24. The monoisotopic (exact) mass is 275 g/mol. The van der Waals surface area contributed by atoms with Crippen molar-refractivity contribution in [3.8, 4) is 5.75 Å². The molecule has 1 aromatic carbocycles. The first kappa shape index (κ1) is 13.8. The van der Waals surface area contributed by atoms with E-state index in [0.717, 1.165) is 0 Å². The molecule has 0 saturated carbocycles. The highest BCUT2D eigenvalue weighted by Gasteiger charge is 2.10. The number of nitrogens with one attached hydrogen (secondary N) is 1. The highest BCUT2D eigenvalue weighted by Crippen LogP contribution is 2.31. The van der Waals surface area contributed by atoms with Crippen molar-refractivity contribution in [1.29, 1.82) is 0 Å². The Morgan fingerprint density at radius 3 is 2.71 bits per heavy atom. The van der Waals surface area contributed by atoms with Gasteiger partial charge < -0.3 is 10.1 Å². The van der Waals surface area contributed by atoms with E-state index in [1.54, 1.807) is 18.2 Å². The van der Waals surface area contributed by atoms with Crippen molar-refractivity contribution in [3.63, 3.8) is 0 Å². The molecular weight excluding hydrogens is 265 g/mol. The van der Waals surface area contributed by atoms with Crippen molar-refractivity contribution in [2.75, 3.05) is 6.54 Å². The number of halogens is 2. The van der Waals surface area contributed by atoms with Crippen LogP contribution in [0.15, 0.2) is 18.2 Å². The van der Waals surface area contributed by atoms with Gasteiger partial charge >= 0.3 is 5.97 Å². The van der Waals surface area contributed by atoms with Crippen LogP contribution in [0.5, 0.6) is 5.75 Å². The van der Waals surface area contributed by atoms with E-state index in [4.69, 9.17) is 27.9 Å². The van der Waals surface area contributed by atoms with Crippen molar-refractivity contribution < 1.29 is 14.3 Å². The second-order valence-corrected chi connectivity index (χ2v) is 4.04. The maximum absolute atomic E-state index is 11.4. The molecule has 0 bridgehead atoms. The number of carbonyl (C=O) groups excluding carboxylic acids is 2. The molecule has 1 aromatic rings. The predicted octanol–water partition coefficient (Wildman–Crippen LogP) is 2.42. The molecule has 0 aliphatic heterocycles.